The number of benzene rings is 6. The molecule has 2 aromatic heterocycles. The molecule has 14 heteroatoms. The molecule has 0 bridgehead atoms. The molecule has 0 atom stereocenters. The van der Waals surface area contributed by atoms with Crippen molar-refractivity contribution < 1.29 is 38.0 Å². The number of carbonyl (C=O) groups is 1. The maximum Gasteiger partial charge on any atom is 0.351 e. The summed E-state index contributed by atoms with van der Waals surface area (Å²) in [6.45, 7) is 1.20. The lowest BCUT2D eigenvalue weighted by molar-refractivity contribution is 0.00494. The second-order valence-corrected chi connectivity index (χ2v) is 14.6. The van der Waals surface area contributed by atoms with Crippen molar-refractivity contribution in [2.75, 3.05) is 41.7 Å². The first-order valence-electron chi connectivity index (χ1n) is 20.9. The summed E-state index contributed by atoms with van der Waals surface area (Å²) >= 11 is 0. The molecule has 2 heterocycles. The molecule has 0 saturated carbocycles. The van der Waals surface area contributed by atoms with Gasteiger partial charge in [-0.3, -0.25) is 9.36 Å². The van der Waals surface area contributed by atoms with E-state index in [4.69, 9.17) is 33.2 Å². The standard InChI is InChI=1S/C51H48N6O8/c1-59-43-27-25-41(50(37-17-9-5-10-18-37,38-19-11-6-12-20-38)63-35-33-56-31-29-52-54-56)46(61-3)45(43)49(58)65-48-44(60-2)28-26-42(47(48)62-4)51(39-21-13-7-14-22-39,40-23-15-8-16-24-40)64-36-34-57-32-30-53-55-57/h5-32H,33-36H2,1-4H3. The van der Waals surface area contributed by atoms with Gasteiger partial charge in [0.05, 0.1) is 67.1 Å². The first kappa shape index (κ1) is 43.8. The summed E-state index contributed by atoms with van der Waals surface area (Å²) in [5, 5.41) is 16.2. The molecule has 0 spiro atoms. The first-order valence-corrected chi connectivity index (χ1v) is 20.9. The minimum atomic E-state index is -1.32. The Labute approximate surface area is 376 Å². The Morgan fingerprint density at radius 2 is 0.877 bits per heavy atom. The molecule has 65 heavy (non-hydrogen) atoms. The first-order chi connectivity index (χ1) is 32.0. The van der Waals surface area contributed by atoms with Crippen LogP contribution in [0.3, 0.4) is 0 Å². The normalized spacial score (nSPS) is 11.5. The van der Waals surface area contributed by atoms with Crippen molar-refractivity contribution in [3.63, 3.8) is 0 Å². The van der Waals surface area contributed by atoms with E-state index in [2.05, 4.69) is 20.6 Å². The Bertz CT molecular complexity index is 2680. The van der Waals surface area contributed by atoms with Crippen molar-refractivity contribution in [3.05, 3.63) is 209 Å². The number of methoxy groups -OCH3 is 4. The fourth-order valence-electron chi connectivity index (χ4n) is 8.27. The molecule has 8 rings (SSSR count). The third-order valence-corrected chi connectivity index (χ3v) is 11.1. The summed E-state index contributed by atoms with van der Waals surface area (Å²) in [5.74, 6) is -0.0312. The van der Waals surface area contributed by atoms with Crippen LogP contribution in [0.2, 0.25) is 0 Å². The van der Waals surface area contributed by atoms with Crippen molar-refractivity contribution in [2.45, 2.75) is 24.3 Å². The SMILES string of the molecule is COc1ccc(C(OCCn2ccnn2)(c2ccccc2)c2ccccc2)c(OC)c1OC(=O)c1c(OC)ccc(C(OCCn2ccnn2)(c2ccccc2)c2ccccc2)c1OC. The van der Waals surface area contributed by atoms with Crippen LogP contribution in [-0.2, 0) is 33.8 Å². The predicted molar refractivity (Wildman–Crippen MR) is 242 cm³/mol. The third kappa shape index (κ3) is 8.64. The number of rotatable bonds is 20. The largest absolute Gasteiger partial charge is 0.496 e. The smallest absolute Gasteiger partial charge is 0.351 e. The number of aromatic nitrogens is 6. The van der Waals surface area contributed by atoms with Crippen LogP contribution in [-0.4, -0.2) is 77.6 Å². The molecule has 0 aliphatic rings. The van der Waals surface area contributed by atoms with E-state index in [9.17, 15) is 0 Å². The summed E-state index contributed by atoms with van der Waals surface area (Å²) in [4.78, 5) is 15.2. The number of ether oxygens (including phenoxy) is 7. The zero-order valence-corrected chi connectivity index (χ0v) is 36.4. The van der Waals surface area contributed by atoms with Gasteiger partial charge >= 0.3 is 5.97 Å². The molecule has 0 aliphatic carbocycles. The van der Waals surface area contributed by atoms with Gasteiger partial charge in [0, 0.05) is 23.5 Å². The Kier molecular flexibility index (Phi) is 13.6. The van der Waals surface area contributed by atoms with Gasteiger partial charge in [-0.2, -0.15) is 0 Å². The highest BCUT2D eigenvalue weighted by Crippen LogP contribution is 2.52. The minimum absolute atomic E-state index is 0.000383. The van der Waals surface area contributed by atoms with E-state index in [1.807, 2.05) is 133 Å². The minimum Gasteiger partial charge on any atom is -0.496 e. The number of hydrogen-bond acceptors (Lipinski definition) is 12. The highest BCUT2D eigenvalue weighted by atomic mass is 16.6. The van der Waals surface area contributed by atoms with E-state index in [1.54, 1.807) is 46.3 Å². The van der Waals surface area contributed by atoms with Crippen LogP contribution < -0.4 is 23.7 Å². The second-order valence-electron chi connectivity index (χ2n) is 14.6. The molecule has 0 saturated heterocycles. The van der Waals surface area contributed by atoms with Gasteiger partial charge in [0.15, 0.2) is 11.5 Å². The quantitative estimate of drug-likeness (QED) is 0.0415. The highest BCUT2D eigenvalue weighted by molar-refractivity contribution is 5.98. The van der Waals surface area contributed by atoms with Gasteiger partial charge in [-0.25, -0.2) is 4.79 Å². The fourth-order valence-corrected chi connectivity index (χ4v) is 8.27. The zero-order valence-electron chi connectivity index (χ0n) is 36.4. The maximum absolute atomic E-state index is 15.2. The third-order valence-electron chi connectivity index (χ3n) is 11.1. The van der Waals surface area contributed by atoms with Crippen LogP contribution in [0.5, 0.6) is 28.7 Å². The van der Waals surface area contributed by atoms with Crippen molar-refractivity contribution in [1.29, 1.82) is 0 Å². The molecular weight excluding hydrogens is 825 g/mol. The fraction of sp³-hybridized carbons (Fsp3) is 0.196. The highest BCUT2D eigenvalue weighted by Gasteiger charge is 2.44. The Hall–Kier alpha value is -7.81. The Balaban J connectivity index is 1.30. The predicted octanol–water partition coefficient (Wildman–Crippen LogP) is 8.14. The van der Waals surface area contributed by atoms with Gasteiger partial charge in [-0.1, -0.05) is 132 Å². The molecule has 6 aromatic carbocycles. The van der Waals surface area contributed by atoms with Gasteiger partial charge < -0.3 is 33.2 Å². The number of carbonyl (C=O) groups excluding carboxylic acids is 1. The van der Waals surface area contributed by atoms with Crippen molar-refractivity contribution in [3.8, 4) is 28.7 Å². The van der Waals surface area contributed by atoms with Crippen LogP contribution in [0.25, 0.3) is 0 Å². The molecule has 14 nitrogen and oxygen atoms in total. The number of hydrogen-bond donors (Lipinski definition) is 0. The zero-order chi connectivity index (χ0) is 45.1. The Morgan fingerprint density at radius 1 is 0.477 bits per heavy atom. The lowest BCUT2D eigenvalue weighted by Gasteiger charge is -2.37. The van der Waals surface area contributed by atoms with Gasteiger partial charge in [0.1, 0.15) is 28.3 Å². The number of esters is 1. The molecule has 330 valence electrons. The van der Waals surface area contributed by atoms with Gasteiger partial charge in [-0.05, 0) is 46.5 Å². The topological polar surface area (TPSA) is 143 Å². The molecule has 0 radical (unpaired) electrons. The van der Waals surface area contributed by atoms with Crippen molar-refractivity contribution >= 4 is 5.97 Å². The number of nitrogens with zero attached hydrogens (tertiary/aromatic N) is 6. The van der Waals surface area contributed by atoms with Crippen LogP contribution >= 0.6 is 0 Å². The van der Waals surface area contributed by atoms with Crippen molar-refractivity contribution in [2.24, 2.45) is 0 Å². The average Bonchev–Trinajstić information content (AvgIpc) is 4.10. The van der Waals surface area contributed by atoms with Gasteiger partial charge in [0.25, 0.3) is 0 Å². The van der Waals surface area contributed by atoms with E-state index in [-0.39, 0.29) is 47.5 Å². The van der Waals surface area contributed by atoms with Crippen LogP contribution in [0.15, 0.2) is 170 Å². The summed E-state index contributed by atoms with van der Waals surface area (Å²) in [6, 6.07) is 46.3. The monoisotopic (exact) mass is 872 g/mol. The molecule has 0 fully saturated rings. The molecule has 0 aliphatic heterocycles. The molecule has 0 amide bonds. The van der Waals surface area contributed by atoms with E-state index >= 15 is 4.79 Å². The van der Waals surface area contributed by atoms with Crippen LogP contribution in [0.4, 0.5) is 0 Å². The summed E-state index contributed by atoms with van der Waals surface area (Å²) in [5.41, 5.74) is 1.60. The van der Waals surface area contributed by atoms with E-state index < -0.39 is 17.2 Å². The van der Waals surface area contributed by atoms with Gasteiger partial charge in [-0.15, -0.1) is 10.2 Å². The summed E-state index contributed by atoms with van der Waals surface area (Å²) < 4.78 is 48.4. The van der Waals surface area contributed by atoms with Crippen LogP contribution in [0, 0.1) is 0 Å². The molecule has 8 aromatic rings. The van der Waals surface area contributed by atoms with E-state index in [1.165, 1.54) is 28.4 Å². The lowest BCUT2D eigenvalue weighted by atomic mass is 9.78. The average molecular weight is 873 g/mol. The van der Waals surface area contributed by atoms with E-state index in [0.29, 0.717) is 24.2 Å². The van der Waals surface area contributed by atoms with Crippen LogP contribution in [0.1, 0.15) is 43.7 Å². The molecule has 0 N–H and O–H groups in total. The van der Waals surface area contributed by atoms with E-state index in [0.717, 1.165) is 22.3 Å². The molecule has 0 unspecified atom stereocenters. The maximum atomic E-state index is 15.2. The molecular formula is C51H48N6O8. The second kappa shape index (κ2) is 20.1. The summed E-state index contributed by atoms with van der Waals surface area (Å²) in [6.07, 6.45) is 6.77. The van der Waals surface area contributed by atoms with Gasteiger partial charge in [0.2, 0.25) is 5.75 Å². The lowest BCUT2D eigenvalue weighted by Crippen LogP contribution is -2.35. The summed E-state index contributed by atoms with van der Waals surface area (Å²) in [7, 11) is 5.98. The van der Waals surface area contributed by atoms with Crippen molar-refractivity contribution in [1.82, 2.24) is 30.0 Å². The Morgan fingerprint density at radius 3 is 1.25 bits per heavy atom.